The fourth-order valence-corrected chi connectivity index (χ4v) is 4.34. The highest BCUT2D eigenvalue weighted by atomic mass is 35.5. The maximum absolute atomic E-state index is 12.6. The number of benzene rings is 2. The zero-order valence-electron chi connectivity index (χ0n) is 15.4. The second-order valence-electron chi connectivity index (χ2n) is 6.27. The van der Waals surface area contributed by atoms with Gasteiger partial charge in [-0.15, -0.1) is 5.10 Å². The molecule has 0 unspecified atom stereocenters. The van der Waals surface area contributed by atoms with E-state index in [9.17, 15) is 8.42 Å². The number of nitrogens with zero attached hydrogens (tertiary/aromatic N) is 3. The topological polar surface area (TPSA) is 98.4 Å². The van der Waals surface area contributed by atoms with Gasteiger partial charge in [0.2, 0.25) is 10.0 Å². The molecule has 1 heterocycles. The van der Waals surface area contributed by atoms with Crippen molar-refractivity contribution in [2.24, 2.45) is 0 Å². The minimum Gasteiger partial charge on any atom is -0.495 e. The number of fused-ring (bicyclic) bond motifs is 1. The Hall–Kier alpha value is -2.13. The van der Waals surface area contributed by atoms with Gasteiger partial charge in [0.25, 0.3) is 0 Å². The second-order valence-corrected chi connectivity index (χ2v) is 9.16. The first-order chi connectivity index (χ1) is 13.2. The summed E-state index contributed by atoms with van der Waals surface area (Å²) in [6.45, 7) is 0. The predicted octanol–water partition coefficient (Wildman–Crippen LogP) is 3.37. The Balaban J connectivity index is 2.20. The van der Waals surface area contributed by atoms with Crippen molar-refractivity contribution >= 4 is 49.7 Å². The summed E-state index contributed by atoms with van der Waals surface area (Å²) >= 11 is 12.4. The van der Waals surface area contributed by atoms with Crippen molar-refractivity contribution in [2.75, 3.05) is 26.9 Å². The molecule has 0 radical (unpaired) electrons. The van der Waals surface area contributed by atoms with Gasteiger partial charge in [-0.05, 0) is 29.8 Å². The molecule has 2 N–H and O–H groups in total. The third-order valence-corrected chi connectivity index (χ3v) is 6.77. The van der Waals surface area contributed by atoms with Crippen LogP contribution in [0.25, 0.3) is 10.8 Å². The average Bonchev–Trinajstić information content (AvgIpc) is 2.64. The lowest BCUT2D eigenvalue weighted by Crippen LogP contribution is -2.23. The van der Waals surface area contributed by atoms with Gasteiger partial charge in [-0.25, -0.2) is 12.7 Å². The molecule has 148 valence electrons. The molecule has 0 saturated carbocycles. The first-order valence-electron chi connectivity index (χ1n) is 8.15. The summed E-state index contributed by atoms with van der Waals surface area (Å²) in [7, 11) is 0.679. The number of halogens is 2. The van der Waals surface area contributed by atoms with Crippen molar-refractivity contribution in [1.29, 1.82) is 0 Å². The minimum absolute atomic E-state index is 0.0110. The molecule has 0 aliphatic carbocycles. The van der Waals surface area contributed by atoms with E-state index < -0.39 is 10.0 Å². The van der Waals surface area contributed by atoms with Crippen LogP contribution in [0.3, 0.4) is 0 Å². The summed E-state index contributed by atoms with van der Waals surface area (Å²) in [4.78, 5) is -0.0110. The van der Waals surface area contributed by atoms with Crippen LogP contribution in [0.15, 0.2) is 35.2 Å². The van der Waals surface area contributed by atoms with Crippen LogP contribution in [0.1, 0.15) is 11.3 Å². The lowest BCUT2D eigenvalue weighted by molar-refractivity contribution is 0.415. The van der Waals surface area contributed by atoms with Gasteiger partial charge in [0, 0.05) is 31.3 Å². The van der Waals surface area contributed by atoms with Gasteiger partial charge in [0.1, 0.15) is 10.6 Å². The summed E-state index contributed by atoms with van der Waals surface area (Å²) in [5, 5.41) is 9.71. The van der Waals surface area contributed by atoms with E-state index in [1.54, 1.807) is 18.2 Å². The van der Waals surface area contributed by atoms with Crippen LogP contribution in [0.2, 0.25) is 10.2 Å². The molecule has 0 amide bonds. The van der Waals surface area contributed by atoms with Gasteiger partial charge in [0.05, 0.1) is 23.5 Å². The summed E-state index contributed by atoms with van der Waals surface area (Å²) in [6.07, 6.45) is 0.333. The Morgan fingerprint density at radius 1 is 1.14 bits per heavy atom. The largest absolute Gasteiger partial charge is 0.495 e. The Morgan fingerprint density at radius 3 is 2.46 bits per heavy atom. The minimum atomic E-state index is -3.74. The van der Waals surface area contributed by atoms with Crippen LogP contribution < -0.4 is 10.5 Å². The smallest absolute Gasteiger partial charge is 0.244 e. The number of rotatable bonds is 5. The number of hydrogen-bond acceptors (Lipinski definition) is 6. The van der Waals surface area contributed by atoms with E-state index in [0.717, 1.165) is 9.87 Å². The number of anilines is 1. The van der Waals surface area contributed by atoms with E-state index in [4.69, 9.17) is 33.7 Å². The molecular formula is C18H18Cl2N4O3S. The number of ether oxygens (including phenoxy) is 1. The molecule has 28 heavy (non-hydrogen) atoms. The Bertz CT molecular complexity index is 1170. The van der Waals surface area contributed by atoms with Crippen LogP contribution in [0, 0.1) is 0 Å². The fourth-order valence-electron chi connectivity index (χ4n) is 2.85. The summed E-state index contributed by atoms with van der Waals surface area (Å²) in [5.41, 5.74) is 7.68. The van der Waals surface area contributed by atoms with Crippen molar-refractivity contribution in [3.63, 3.8) is 0 Å². The maximum Gasteiger partial charge on any atom is 0.244 e. The van der Waals surface area contributed by atoms with Gasteiger partial charge in [-0.3, -0.25) is 0 Å². The van der Waals surface area contributed by atoms with E-state index in [0.29, 0.717) is 33.7 Å². The lowest BCUT2D eigenvalue weighted by atomic mass is 10.0. The molecule has 10 heteroatoms. The molecule has 0 bridgehead atoms. The zero-order chi connectivity index (χ0) is 20.6. The van der Waals surface area contributed by atoms with Gasteiger partial charge >= 0.3 is 0 Å². The Kier molecular flexibility index (Phi) is 5.67. The van der Waals surface area contributed by atoms with Crippen LogP contribution >= 0.6 is 23.2 Å². The normalized spacial score (nSPS) is 11.9. The fraction of sp³-hybridized carbons (Fsp3) is 0.222. The highest BCUT2D eigenvalue weighted by molar-refractivity contribution is 7.89. The molecular weight excluding hydrogens is 423 g/mol. The van der Waals surface area contributed by atoms with Crippen molar-refractivity contribution < 1.29 is 13.2 Å². The number of nitrogen functional groups attached to an aromatic ring is 1. The van der Waals surface area contributed by atoms with Crippen molar-refractivity contribution in [2.45, 2.75) is 11.3 Å². The zero-order valence-corrected chi connectivity index (χ0v) is 17.7. The number of nitrogens with two attached hydrogens (primary N) is 1. The number of aromatic nitrogens is 2. The van der Waals surface area contributed by atoms with E-state index in [2.05, 4.69) is 10.2 Å². The quantitative estimate of drug-likeness (QED) is 0.610. The number of methoxy groups -OCH3 is 1. The van der Waals surface area contributed by atoms with Crippen LogP contribution in [0.5, 0.6) is 5.75 Å². The Labute approximate surface area is 173 Å². The first-order valence-corrected chi connectivity index (χ1v) is 10.3. The summed E-state index contributed by atoms with van der Waals surface area (Å²) in [5.74, 6) is 0.552. The molecule has 0 spiro atoms. The Morgan fingerprint density at radius 2 is 1.86 bits per heavy atom. The maximum atomic E-state index is 12.6. The van der Waals surface area contributed by atoms with Crippen LogP contribution in [0.4, 0.5) is 5.69 Å². The third-order valence-electron chi connectivity index (χ3n) is 4.32. The van der Waals surface area contributed by atoms with Gasteiger partial charge in [0.15, 0.2) is 5.15 Å². The van der Waals surface area contributed by atoms with E-state index in [-0.39, 0.29) is 15.7 Å². The predicted molar refractivity (Wildman–Crippen MR) is 111 cm³/mol. The SMILES string of the molecule is COc1ccc(Cc2nnc(Cl)c3ccc(S(=O)(=O)N(C)C)c(N)c23)cc1Cl. The number of sulfonamides is 1. The molecule has 3 rings (SSSR count). The second kappa shape index (κ2) is 7.71. The average molecular weight is 441 g/mol. The standard InChI is InChI=1S/C18H18Cl2N4O3S/c1-24(2)28(25,26)15-7-5-11-16(17(15)21)13(22-23-18(11)20)9-10-4-6-14(27-3)12(19)8-10/h4-8H,9,21H2,1-3H3. The highest BCUT2D eigenvalue weighted by Gasteiger charge is 2.24. The molecule has 0 aliphatic rings. The summed E-state index contributed by atoms with van der Waals surface area (Å²) < 4.78 is 31.5. The van der Waals surface area contributed by atoms with Crippen molar-refractivity contribution in [3.8, 4) is 5.75 Å². The molecule has 2 aromatic carbocycles. The molecule has 0 fully saturated rings. The van der Waals surface area contributed by atoms with E-state index >= 15 is 0 Å². The van der Waals surface area contributed by atoms with E-state index in [1.807, 2.05) is 6.07 Å². The van der Waals surface area contributed by atoms with Crippen molar-refractivity contribution in [3.05, 3.63) is 51.8 Å². The molecule has 1 aromatic heterocycles. The number of hydrogen-bond donors (Lipinski definition) is 1. The molecule has 7 nitrogen and oxygen atoms in total. The molecule has 0 aliphatic heterocycles. The van der Waals surface area contributed by atoms with Crippen molar-refractivity contribution in [1.82, 2.24) is 14.5 Å². The summed E-state index contributed by atoms with van der Waals surface area (Å²) in [6, 6.07) is 8.34. The van der Waals surface area contributed by atoms with Gasteiger partial charge in [-0.2, -0.15) is 5.10 Å². The van der Waals surface area contributed by atoms with Gasteiger partial charge < -0.3 is 10.5 Å². The van der Waals surface area contributed by atoms with Crippen LogP contribution in [-0.2, 0) is 16.4 Å². The van der Waals surface area contributed by atoms with E-state index in [1.165, 1.54) is 27.3 Å². The monoisotopic (exact) mass is 440 g/mol. The third kappa shape index (κ3) is 3.60. The highest BCUT2D eigenvalue weighted by Crippen LogP contribution is 2.35. The van der Waals surface area contributed by atoms with Gasteiger partial charge in [-0.1, -0.05) is 29.3 Å². The lowest BCUT2D eigenvalue weighted by Gasteiger charge is -2.16. The first kappa shape index (κ1) is 20.6. The molecule has 3 aromatic rings. The van der Waals surface area contributed by atoms with Crippen LogP contribution in [-0.4, -0.2) is 44.1 Å². The molecule has 0 saturated heterocycles. The molecule has 0 atom stereocenters.